The molecule has 0 bridgehead atoms. The van der Waals surface area contributed by atoms with Gasteiger partial charge in [0.05, 0.1) is 13.3 Å². The number of hydrogen-bond acceptors (Lipinski definition) is 6. The summed E-state index contributed by atoms with van der Waals surface area (Å²) in [6, 6.07) is 0. The second-order valence-electron chi connectivity index (χ2n) is 2.99. The Kier molecular flexibility index (Phi) is 4.97. The summed E-state index contributed by atoms with van der Waals surface area (Å²) in [7, 11) is 1.22. The van der Waals surface area contributed by atoms with Crippen molar-refractivity contribution in [2.45, 2.75) is 6.42 Å². The molecule has 0 saturated carbocycles. The van der Waals surface area contributed by atoms with E-state index in [9.17, 15) is 4.79 Å². The minimum atomic E-state index is -0.669. The van der Waals surface area contributed by atoms with Crippen LogP contribution in [0.5, 0.6) is 0 Å². The molecule has 0 aliphatic rings. The molecule has 0 radical (unpaired) electrons. The van der Waals surface area contributed by atoms with E-state index in [1.165, 1.54) is 13.3 Å². The van der Waals surface area contributed by atoms with Gasteiger partial charge in [-0.05, 0) is 11.5 Å². The van der Waals surface area contributed by atoms with Crippen LogP contribution in [0.25, 0.3) is 10.4 Å². The maximum atomic E-state index is 11.3. The first-order valence-electron chi connectivity index (χ1n) is 4.89. The van der Waals surface area contributed by atoms with Crippen molar-refractivity contribution in [3.8, 4) is 11.8 Å². The molecular weight excluding hydrogens is 236 g/mol. The number of ether oxygens (including phenoxy) is 1. The third-order valence-corrected chi connectivity index (χ3v) is 1.80. The second-order valence-corrected chi connectivity index (χ2v) is 2.99. The summed E-state index contributed by atoms with van der Waals surface area (Å²) in [4.78, 5) is 21.6. The number of aromatic nitrogens is 2. The minimum absolute atomic E-state index is 0.0125. The van der Waals surface area contributed by atoms with Crippen LogP contribution in [0.4, 0.5) is 5.82 Å². The fourth-order valence-electron chi connectivity index (χ4n) is 1.01. The van der Waals surface area contributed by atoms with Crippen molar-refractivity contribution < 1.29 is 9.53 Å². The van der Waals surface area contributed by atoms with Crippen LogP contribution < -0.4 is 5.73 Å². The molecular formula is C10H10N6O2. The number of azide groups is 1. The topological polar surface area (TPSA) is 127 Å². The molecule has 0 spiro atoms. The van der Waals surface area contributed by atoms with Crippen molar-refractivity contribution in [2.75, 3.05) is 19.4 Å². The zero-order valence-corrected chi connectivity index (χ0v) is 9.62. The fourth-order valence-corrected chi connectivity index (χ4v) is 1.01. The van der Waals surface area contributed by atoms with Gasteiger partial charge in [0.25, 0.3) is 0 Å². The zero-order valence-electron chi connectivity index (χ0n) is 9.62. The van der Waals surface area contributed by atoms with Gasteiger partial charge >= 0.3 is 5.97 Å². The molecule has 0 aliphatic carbocycles. The number of carbonyl (C=O) groups is 1. The molecule has 0 saturated heterocycles. The number of carbonyl (C=O) groups excluding carboxylic acids is 1. The van der Waals surface area contributed by atoms with Crippen LogP contribution in [-0.4, -0.2) is 29.6 Å². The highest BCUT2D eigenvalue weighted by molar-refractivity contribution is 5.91. The normalized spacial score (nSPS) is 8.72. The van der Waals surface area contributed by atoms with Gasteiger partial charge in [-0.3, -0.25) is 0 Å². The van der Waals surface area contributed by atoms with E-state index >= 15 is 0 Å². The monoisotopic (exact) mass is 246 g/mol. The average molecular weight is 246 g/mol. The van der Waals surface area contributed by atoms with Gasteiger partial charge < -0.3 is 10.5 Å². The lowest BCUT2D eigenvalue weighted by Crippen LogP contribution is -2.10. The number of rotatable bonds is 3. The van der Waals surface area contributed by atoms with E-state index in [0.29, 0.717) is 12.1 Å². The summed E-state index contributed by atoms with van der Waals surface area (Å²) < 4.78 is 4.50. The molecule has 0 unspecified atom stereocenters. The van der Waals surface area contributed by atoms with Crippen LogP contribution in [0.1, 0.15) is 22.6 Å². The van der Waals surface area contributed by atoms with Gasteiger partial charge in [0.15, 0.2) is 11.5 Å². The standard InChI is InChI=1S/C10H10N6O2/c1-18-10(17)8-9(11)13-6-7(15-8)4-2-3-5-14-16-12/h6H,3,5H2,1H3,(H2,11,13). The SMILES string of the molecule is COC(=O)c1nc(C#CCCN=[N+]=[N-])cnc1N. The minimum Gasteiger partial charge on any atom is -0.464 e. The molecule has 0 amide bonds. The number of methoxy groups -OCH3 is 1. The molecule has 0 aliphatic heterocycles. The molecule has 1 aromatic rings. The van der Waals surface area contributed by atoms with E-state index in [2.05, 4.69) is 36.6 Å². The average Bonchev–Trinajstić information content (AvgIpc) is 2.39. The van der Waals surface area contributed by atoms with E-state index in [-0.39, 0.29) is 18.1 Å². The molecule has 1 heterocycles. The number of anilines is 1. The first-order valence-corrected chi connectivity index (χ1v) is 4.89. The van der Waals surface area contributed by atoms with Crippen molar-refractivity contribution >= 4 is 11.8 Å². The summed E-state index contributed by atoms with van der Waals surface area (Å²) in [6.45, 7) is 0.274. The van der Waals surface area contributed by atoms with Gasteiger partial charge in [0, 0.05) is 17.9 Å². The number of nitrogens with two attached hydrogens (primary N) is 1. The van der Waals surface area contributed by atoms with Gasteiger partial charge in [-0.1, -0.05) is 11.0 Å². The number of nitrogen functional groups attached to an aromatic ring is 1. The Bertz CT molecular complexity index is 553. The lowest BCUT2D eigenvalue weighted by molar-refractivity contribution is 0.0595. The lowest BCUT2D eigenvalue weighted by Gasteiger charge is -2.01. The molecule has 92 valence electrons. The van der Waals surface area contributed by atoms with E-state index in [1.54, 1.807) is 0 Å². The number of esters is 1. The van der Waals surface area contributed by atoms with Crippen LogP contribution in [0, 0.1) is 11.8 Å². The Balaban J connectivity index is 2.84. The van der Waals surface area contributed by atoms with Gasteiger partial charge in [-0.2, -0.15) is 0 Å². The highest BCUT2D eigenvalue weighted by Gasteiger charge is 2.13. The molecule has 8 nitrogen and oxygen atoms in total. The van der Waals surface area contributed by atoms with Gasteiger partial charge in [0.2, 0.25) is 0 Å². The third kappa shape index (κ3) is 3.66. The second kappa shape index (κ2) is 6.73. The fraction of sp³-hybridized carbons (Fsp3) is 0.300. The molecule has 0 atom stereocenters. The molecule has 1 rings (SSSR count). The van der Waals surface area contributed by atoms with Crippen LogP contribution in [0.3, 0.4) is 0 Å². The van der Waals surface area contributed by atoms with Gasteiger partial charge in [-0.25, -0.2) is 14.8 Å². The molecule has 0 aromatic carbocycles. The summed E-state index contributed by atoms with van der Waals surface area (Å²) in [5.41, 5.74) is 13.8. The Morgan fingerprint density at radius 3 is 3.17 bits per heavy atom. The number of hydrogen-bond donors (Lipinski definition) is 1. The van der Waals surface area contributed by atoms with Crippen LogP contribution in [0.15, 0.2) is 11.3 Å². The summed E-state index contributed by atoms with van der Waals surface area (Å²) in [5.74, 6) is 4.73. The first kappa shape index (κ1) is 13.3. The number of nitrogens with zero attached hydrogens (tertiary/aromatic N) is 5. The lowest BCUT2D eigenvalue weighted by atomic mass is 10.3. The quantitative estimate of drug-likeness (QED) is 0.211. The van der Waals surface area contributed by atoms with Crippen molar-refractivity contribution in [3.05, 3.63) is 28.0 Å². The Hall–Kier alpha value is -2.78. The largest absolute Gasteiger partial charge is 0.464 e. The van der Waals surface area contributed by atoms with Gasteiger partial charge in [-0.15, -0.1) is 0 Å². The van der Waals surface area contributed by atoms with Crippen LogP contribution >= 0.6 is 0 Å². The highest BCUT2D eigenvalue weighted by atomic mass is 16.5. The van der Waals surface area contributed by atoms with E-state index in [4.69, 9.17) is 11.3 Å². The van der Waals surface area contributed by atoms with Crippen molar-refractivity contribution in [1.29, 1.82) is 0 Å². The molecule has 18 heavy (non-hydrogen) atoms. The molecule has 0 fully saturated rings. The summed E-state index contributed by atoms with van der Waals surface area (Å²) in [5, 5.41) is 3.32. The van der Waals surface area contributed by atoms with Crippen molar-refractivity contribution in [3.63, 3.8) is 0 Å². The summed E-state index contributed by atoms with van der Waals surface area (Å²) in [6.07, 6.45) is 1.74. The van der Waals surface area contributed by atoms with Crippen LogP contribution in [0.2, 0.25) is 0 Å². The Morgan fingerprint density at radius 1 is 1.72 bits per heavy atom. The van der Waals surface area contributed by atoms with E-state index < -0.39 is 5.97 Å². The molecule has 1 aromatic heterocycles. The van der Waals surface area contributed by atoms with E-state index in [1.807, 2.05) is 0 Å². The van der Waals surface area contributed by atoms with Crippen molar-refractivity contribution in [2.24, 2.45) is 5.11 Å². The third-order valence-electron chi connectivity index (χ3n) is 1.80. The zero-order chi connectivity index (χ0) is 13.4. The Labute approximate surface area is 103 Å². The highest BCUT2D eigenvalue weighted by Crippen LogP contribution is 2.06. The smallest absolute Gasteiger partial charge is 0.360 e. The van der Waals surface area contributed by atoms with Crippen LogP contribution in [-0.2, 0) is 4.74 Å². The molecule has 8 heteroatoms. The van der Waals surface area contributed by atoms with Gasteiger partial charge in [0.1, 0.15) is 5.69 Å². The van der Waals surface area contributed by atoms with E-state index in [0.717, 1.165) is 0 Å². The maximum Gasteiger partial charge on any atom is 0.360 e. The predicted octanol–water partition coefficient (Wildman–Crippen LogP) is 0.897. The first-order chi connectivity index (χ1) is 8.69. The Morgan fingerprint density at radius 2 is 2.50 bits per heavy atom. The molecule has 2 N–H and O–H groups in total. The predicted molar refractivity (Wildman–Crippen MR) is 63.3 cm³/mol. The maximum absolute atomic E-state index is 11.3. The van der Waals surface area contributed by atoms with Crippen molar-refractivity contribution in [1.82, 2.24) is 9.97 Å². The summed E-state index contributed by atoms with van der Waals surface area (Å²) >= 11 is 0.